The summed E-state index contributed by atoms with van der Waals surface area (Å²) in [6, 6.07) is 22.3. The Morgan fingerprint density at radius 3 is 2.53 bits per heavy atom. The molecule has 0 saturated carbocycles. The number of nitrogens with zero attached hydrogens (tertiary/aromatic N) is 3. The zero-order valence-corrected chi connectivity index (χ0v) is 18.8. The topological polar surface area (TPSA) is 38.1 Å². The first-order valence-corrected chi connectivity index (χ1v) is 11.7. The third-order valence-corrected chi connectivity index (χ3v) is 6.68. The van der Waals surface area contributed by atoms with Crippen LogP contribution in [0.3, 0.4) is 0 Å². The summed E-state index contributed by atoms with van der Waals surface area (Å²) in [5.74, 6) is 0.0632. The Balaban J connectivity index is 1.48. The Morgan fingerprint density at radius 2 is 1.74 bits per heavy atom. The number of carbonyl (C=O) groups is 1. The molecule has 0 N–H and O–H groups in total. The molecule has 1 aliphatic rings. The number of imidazole rings is 1. The van der Waals surface area contributed by atoms with Gasteiger partial charge in [-0.15, -0.1) is 0 Å². The molecule has 1 aliphatic heterocycles. The molecule has 1 amide bonds. The third-order valence-electron chi connectivity index (χ3n) is 5.74. The van der Waals surface area contributed by atoms with Crippen LogP contribution in [0.4, 0.5) is 18.9 Å². The van der Waals surface area contributed by atoms with Gasteiger partial charge in [-0.05, 0) is 36.2 Å². The Morgan fingerprint density at radius 1 is 0.971 bits per heavy atom. The first-order chi connectivity index (χ1) is 16.4. The first-order valence-electron chi connectivity index (χ1n) is 10.7. The number of benzene rings is 3. The molecule has 0 radical (unpaired) electrons. The van der Waals surface area contributed by atoms with Crippen molar-refractivity contribution < 1.29 is 18.0 Å². The molecule has 0 fully saturated rings. The van der Waals surface area contributed by atoms with Crippen LogP contribution in [-0.2, 0) is 17.4 Å². The predicted octanol–water partition coefficient (Wildman–Crippen LogP) is 6.24. The van der Waals surface area contributed by atoms with Gasteiger partial charge < -0.3 is 4.90 Å². The molecule has 4 aromatic rings. The lowest BCUT2D eigenvalue weighted by Gasteiger charge is -2.18. The molecular weight excluding hydrogens is 459 g/mol. The van der Waals surface area contributed by atoms with Crippen LogP contribution in [0.2, 0.25) is 0 Å². The summed E-state index contributed by atoms with van der Waals surface area (Å²) in [7, 11) is 0. The normalized spacial score (nSPS) is 13.2. The van der Waals surface area contributed by atoms with Crippen molar-refractivity contribution in [3.63, 3.8) is 0 Å². The highest BCUT2D eigenvalue weighted by Gasteiger charge is 2.31. The molecule has 0 aliphatic carbocycles. The van der Waals surface area contributed by atoms with Gasteiger partial charge in [-0.25, -0.2) is 4.98 Å². The van der Waals surface area contributed by atoms with Gasteiger partial charge in [-0.3, -0.25) is 9.36 Å². The summed E-state index contributed by atoms with van der Waals surface area (Å²) < 4.78 is 41.9. The maximum atomic E-state index is 13.4. The van der Waals surface area contributed by atoms with Crippen molar-refractivity contribution >= 4 is 23.4 Å². The van der Waals surface area contributed by atoms with E-state index in [2.05, 4.69) is 4.98 Å². The Bertz CT molecular complexity index is 1330. The van der Waals surface area contributed by atoms with Crippen molar-refractivity contribution in [1.82, 2.24) is 9.55 Å². The number of alkyl halides is 3. The second kappa shape index (κ2) is 9.02. The number of halogens is 3. The van der Waals surface area contributed by atoms with Gasteiger partial charge in [0.2, 0.25) is 5.91 Å². The predicted molar refractivity (Wildman–Crippen MR) is 127 cm³/mol. The van der Waals surface area contributed by atoms with Gasteiger partial charge in [0.15, 0.2) is 5.16 Å². The maximum absolute atomic E-state index is 13.4. The molecule has 8 heteroatoms. The third kappa shape index (κ3) is 4.33. The minimum absolute atomic E-state index is 0.0604. The molecule has 2 heterocycles. The molecule has 0 saturated heterocycles. The molecular formula is C26H20F3N3OS. The minimum atomic E-state index is -4.46. The van der Waals surface area contributed by atoms with Gasteiger partial charge in [0, 0.05) is 23.5 Å². The van der Waals surface area contributed by atoms with E-state index < -0.39 is 11.7 Å². The van der Waals surface area contributed by atoms with Gasteiger partial charge in [0.25, 0.3) is 0 Å². The van der Waals surface area contributed by atoms with Crippen LogP contribution >= 0.6 is 11.8 Å². The second-order valence-electron chi connectivity index (χ2n) is 7.89. The lowest BCUT2D eigenvalue weighted by Crippen LogP contribution is -2.30. The van der Waals surface area contributed by atoms with Crippen LogP contribution < -0.4 is 4.90 Å². The fraction of sp³-hybridized carbons (Fsp3) is 0.154. The van der Waals surface area contributed by atoms with E-state index >= 15 is 0 Å². The monoisotopic (exact) mass is 479 g/mol. The number of thioether (sulfide) groups is 1. The van der Waals surface area contributed by atoms with Crippen molar-refractivity contribution in [2.75, 3.05) is 17.2 Å². The van der Waals surface area contributed by atoms with Gasteiger partial charge in [0.1, 0.15) is 0 Å². The van der Waals surface area contributed by atoms with Crippen LogP contribution in [0.1, 0.15) is 11.1 Å². The van der Waals surface area contributed by atoms with Crippen LogP contribution in [0.15, 0.2) is 90.2 Å². The molecule has 34 heavy (non-hydrogen) atoms. The standard InChI is InChI=1S/C26H20F3N3OS/c27-26(28,29)20-10-6-11-21(15-20)32-23(18-7-2-1-3-8-18)16-30-25(32)34-17-24(33)31-14-13-19-9-4-5-12-22(19)31/h1-12,15-16H,13-14,17H2. The highest BCUT2D eigenvalue weighted by Crippen LogP contribution is 2.35. The molecule has 0 atom stereocenters. The molecule has 4 nitrogen and oxygen atoms in total. The molecule has 0 bridgehead atoms. The van der Waals surface area contributed by atoms with E-state index in [9.17, 15) is 18.0 Å². The SMILES string of the molecule is O=C(CSc1ncc(-c2ccccc2)n1-c1cccc(C(F)(F)F)c1)N1CCc2ccccc21. The largest absolute Gasteiger partial charge is 0.416 e. The van der Waals surface area contributed by atoms with Crippen LogP contribution in [0.25, 0.3) is 16.9 Å². The molecule has 1 aromatic heterocycles. The van der Waals surface area contributed by atoms with E-state index in [0.717, 1.165) is 35.4 Å². The van der Waals surface area contributed by atoms with Crippen molar-refractivity contribution in [3.8, 4) is 16.9 Å². The number of aromatic nitrogens is 2. The second-order valence-corrected chi connectivity index (χ2v) is 8.83. The average molecular weight is 480 g/mol. The van der Waals surface area contributed by atoms with Gasteiger partial charge >= 0.3 is 6.18 Å². The number of amides is 1. The zero-order valence-electron chi connectivity index (χ0n) is 18.0. The Labute approximate surface area is 199 Å². The Hall–Kier alpha value is -3.52. The van der Waals surface area contributed by atoms with Gasteiger partial charge in [-0.1, -0.05) is 66.4 Å². The summed E-state index contributed by atoms with van der Waals surface area (Å²) in [6.07, 6.45) is -2.02. The van der Waals surface area contributed by atoms with E-state index in [1.807, 2.05) is 54.6 Å². The number of hydrogen-bond donors (Lipinski definition) is 0. The number of rotatable bonds is 5. The van der Waals surface area contributed by atoms with Gasteiger partial charge in [-0.2, -0.15) is 13.2 Å². The molecule has 3 aromatic carbocycles. The number of fused-ring (bicyclic) bond motifs is 1. The summed E-state index contributed by atoms with van der Waals surface area (Å²) in [5, 5.41) is 0.457. The highest BCUT2D eigenvalue weighted by atomic mass is 32.2. The van der Waals surface area contributed by atoms with Crippen molar-refractivity contribution in [1.29, 1.82) is 0 Å². The smallest absolute Gasteiger partial charge is 0.311 e. The fourth-order valence-electron chi connectivity index (χ4n) is 4.12. The molecule has 0 unspecified atom stereocenters. The summed E-state index contributed by atoms with van der Waals surface area (Å²) in [5.41, 5.74) is 3.13. The summed E-state index contributed by atoms with van der Waals surface area (Å²) >= 11 is 1.22. The number of para-hydroxylation sites is 1. The summed E-state index contributed by atoms with van der Waals surface area (Å²) in [6.45, 7) is 0.621. The number of carbonyl (C=O) groups excluding carboxylic acids is 1. The molecule has 5 rings (SSSR count). The minimum Gasteiger partial charge on any atom is -0.311 e. The van der Waals surface area contributed by atoms with Crippen molar-refractivity contribution in [2.24, 2.45) is 0 Å². The highest BCUT2D eigenvalue weighted by molar-refractivity contribution is 7.99. The van der Waals surface area contributed by atoms with E-state index in [1.54, 1.807) is 21.7 Å². The van der Waals surface area contributed by atoms with E-state index in [4.69, 9.17) is 0 Å². The van der Waals surface area contributed by atoms with E-state index in [-0.39, 0.29) is 11.7 Å². The summed E-state index contributed by atoms with van der Waals surface area (Å²) in [4.78, 5) is 19.3. The lowest BCUT2D eigenvalue weighted by atomic mass is 10.1. The molecule has 172 valence electrons. The Kier molecular flexibility index (Phi) is 5.91. The fourth-order valence-corrected chi connectivity index (χ4v) is 4.99. The zero-order chi connectivity index (χ0) is 23.7. The molecule has 0 spiro atoms. The van der Waals surface area contributed by atoms with Crippen LogP contribution in [0.5, 0.6) is 0 Å². The lowest BCUT2D eigenvalue weighted by molar-refractivity contribution is -0.137. The van der Waals surface area contributed by atoms with Crippen molar-refractivity contribution in [3.05, 3.63) is 96.2 Å². The van der Waals surface area contributed by atoms with Crippen LogP contribution in [-0.4, -0.2) is 27.8 Å². The van der Waals surface area contributed by atoms with Crippen LogP contribution in [0, 0.1) is 0 Å². The average Bonchev–Trinajstić information content (AvgIpc) is 3.47. The first kappa shape index (κ1) is 22.3. The van der Waals surface area contributed by atoms with Gasteiger partial charge in [0.05, 0.1) is 23.2 Å². The number of anilines is 1. The number of hydrogen-bond acceptors (Lipinski definition) is 3. The maximum Gasteiger partial charge on any atom is 0.416 e. The van der Waals surface area contributed by atoms with Crippen molar-refractivity contribution in [2.45, 2.75) is 17.8 Å². The quantitative estimate of drug-likeness (QED) is 0.318. The van der Waals surface area contributed by atoms with E-state index in [0.29, 0.717) is 23.1 Å². The van der Waals surface area contributed by atoms with E-state index in [1.165, 1.54) is 17.8 Å².